The van der Waals surface area contributed by atoms with Gasteiger partial charge in [0.05, 0.1) is 11.6 Å². The summed E-state index contributed by atoms with van der Waals surface area (Å²) in [5.41, 5.74) is 12.5. The van der Waals surface area contributed by atoms with Crippen LogP contribution in [0.5, 0.6) is 0 Å². The number of aromatic nitrogens is 2. The highest BCUT2D eigenvalue weighted by atomic mass is 16.2. The number of carbonyl (C=O) groups excluding carboxylic acids is 1. The molecular formula is C27H33N5O. The topological polar surface area (TPSA) is 84.1 Å². The number of amides is 1. The standard InChI is InChI=1S/C27H33N5O/c1-16-12-22(14-23(28)13-16)17(2)29-26-24-15-21(10-11-25(24)30-18(3)31-26)19-6-8-20(9-7-19)27(33)32(4)5/h6,10-15,17,20H,7-9,28H2,1-5H3,(H,29,30,31)/t17-,20?/m0/s1. The monoisotopic (exact) mass is 443 g/mol. The van der Waals surface area contributed by atoms with Crippen LogP contribution in [0.1, 0.15) is 54.7 Å². The molecule has 2 aromatic carbocycles. The molecule has 1 aliphatic rings. The molecule has 4 rings (SSSR count). The van der Waals surface area contributed by atoms with Gasteiger partial charge in [0.15, 0.2) is 0 Å². The SMILES string of the molecule is Cc1cc(N)cc([C@H](C)Nc2nc(C)nc3ccc(C4=CCC(C(=O)N(C)C)CC4)cc23)c1. The molecule has 1 heterocycles. The molecule has 1 aromatic heterocycles. The molecule has 0 saturated carbocycles. The molecule has 3 aromatic rings. The van der Waals surface area contributed by atoms with Crippen molar-refractivity contribution in [2.45, 2.75) is 46.1 Å². The number of carbonyl (C=O) groups is 1. The van der Waals surface area contributed by atoms with E-state index in [1.807, 2.05) is 33.2 Å². The Balaban J connectivity index is 1.64. The number of nitrogens with one attached hydrogen (secondary N) is 1. The molecule has 3 N–H and O–H groups in total. The number of hydrogen-bond acceptors (Lipinski definition) is 5. The molecule has 2 atom stereocenters. The number of benzene rings is 2. The van der Waals surface area contributed by atoms with Crippen LogP contribution in [0.25, 0.3) is 16.5 Å². The zero-order valence-electron chi connectivity index (χ0n) is 20.1. The maximum Gasteiger partial charge on any atom is 0.225 e. The zero-order valence-corrected chi connectivity index (χ0v) is 20.1. The molecule has 0 saturated heterocycles. The number of aryl methyl sites for hydroxylation is 2. The molecular weight excluding hydrogens is 410 g/mol. The van der Waals surface area contributed by atoms with Gasteiger partial charge in [0.25, 0.3) is 0 Å². The summed E-state index contributed by atoms with van der Waals surface area (Å²) < 4.78 is 0. The normalized spacial score (nSPS) is 16.9. The van der Waals surface area contributed by atoms with E-state index in [4.69, 9.17) is 10.7 Å². The summed E-state index contributed by atoms with van der Waals surface area (Å²) in [5, 5.41) is 4.58. The van der Waals surface area contributed by atoms with Crippen molar-refractivity contribution in [2.75, 3.05) is 25.1 Å². The van der Waals surface area contributed by atoms with E-state index in [1.165, 1.54) is 11.1 Å². The Kier molecular flexibility index (Phi) is 6.36. The second-order valence-electron chi connectivity index (χ2n) is 9.33. The van der Waals surface area contributed by atoms with Gasteiger partial charge in [-0.2, -0.15) is 0 Å². The first-order valence-electron chi connectivity index (χ1n) is 11.5. The third-order valence-corrected chi connectivity index (χ3v) is 6.35. The highest BCUT2D eigenvalue weighted by Crippen LogP contribution is 2.34. The quantitative estimate of drug-likeness (QED) is 0.525. The van der Waals surface area contributed by atoms with Crippen LogP contribution < -0.4 is 11.1 Å². The van der Waals surface area contributed by atoms with Crippen LogP contribution >= 0.6 is 0 Å². The number of anilines is 2. The number of hydrogen-bond donors (Lipinski definition) is 2. The van der Waals surface area contributed by atoms with Gasteiger partial charge in [0.1, 0.15) is 11.6 Å². The molecule has 0 bridgehead atoms. The summed E-state index contributed by atoms with van der Waals surface area (Å²) in [5.74, 6) is 1.85. The summed E-state index contributed by atoms with van der Waals surface area (Å²) in [7, 11) is 3.65. The predicted octanol–water partition coefficient (Wildman–Crippen LogP) is 5.27. The summed E-state index contributed by atoms with van der Waals surface area (Å²) in [4.78, 5) is 23.4. The van der Waals surface area contributed by atoms with Gasteiger partial charge in [0, 0.05) is 31.1 Å². The smallest absolute Gasteiger partial charge is 0.225 e. The highest BCUT2D eigenvalue weighted by molar-refractivity contribution is 5.92. The lowest BCUT2D eigenvalue weighted by Crippen LogP contribution is -2.30. The van der Waals surface area contributed by atoms with E-state index < -0.39 is 0 Å². The van der Waals surface area contributed by atoms with Crippen LogP contribution in [0.15, 0.2) is 42.5 Å². The Morgan fingerprint density at radius 3 is 2.61 bits per heavy atom. The van der Waals surface area contributed by atoms with Crippen molar-refractivity contribution in [3.05, 3.63) is 65.0 Å². The van der Waals surface area contributed by atoms with Gasteiger partial charge >= 0.3 is 0 Å². The van der Waals surface area contributed by atoms with Crippen LogP contribution in [-0.2, 0) is 4.79 Å². The van der Waals surface area contributed by atoms with E-state index in [-0.39, 0.29) is 17.9 Å². The van der Waals surface area contributed by atoms with Gasteiger partial charge in [-0.1, -0.05) is 18.2 Å². The second kappa shape index (κ2) is 9.22. The van der Waals surface area contributed by atoms with E-state index >= 15 is 0 Å². The van der Waals surface area contributed by atoms with E-state index in [9.17, 15) is 4.79 Å². The summed E-state index contributed by atoms with van der Waals surface area (Å²) in [6, 6.07) is 12.5. The number of nitrogens with zero attached hydrogens (tertiary/aromatic N) is 3. The third-order valence-electron chi connectivity index (χ3n) is 6.35. The van der Waals surface area contributed by atoms with Gasteiger partial charge < -0.3 is 16.0 Å². The van der Waals surface area contributed by atoms with Crippen LogP contribution in [0.3, 0.4) is 0 Å². The molecule has 33 heavy (non-hydrogen) atoms. The van der Waals surface area contributed by atoms with Crippen molar-refractivity contribution in [3.63, 3.8) is 0 Å². The van der Waals surface area contributed by atoms with Crippen LogP contribution in [0.4, 0.5) is 11.5 Å². The molecule has 0 radical (unpaired) electrons. The fourth-order valence-electron chi connectivity index (χ4n) is 4.62. The highest BCUT2D eigenvalue weighted by Gasteiger charge is 2.23. The van der Waals surface area contributed by atoms with Gasteiger partial charge in [-0.05, 0) is 86.6 Å². The van der Waals surface area contributed by atoms with Crippen LogP contribution in [0, 0.1) is 19.8 Å². The Morgan fingerprint density at radius 1 is 1.15 bits per heavy atom. The molecule has 6 heteroatoms. The average molecular weight is 444 g/mol. The lowest BCUT2D eigenvalue weighted by atomic mass is 9.85. The first kappa shape index (κ1) is 22.8. The summed E-state index contributed by atoms with van der Waals surface area (Å²) in [6.07, 6.45) is 4.77. The number of nitrogen functional groups attached to an aromatic ring is 1. The summed E-state index contributed by atoms with van der Waals surface area (Å²) in [6.45, 7) is 6.09. The molecule has 0 spiro atoms. The molecule has 0 aliphatic heterocycles. The Bertz CT molecular complexity index is 1210. The van der Waals surface area contributed by atoms with E-state index in [0.717, 1.165) is 58.6 Å². The van der Waals surface area contributed by atoms with Gasteiger partial charge in [-0.3, -0.25) is 4.79 Å². The van der Waals surface area contributed by atoms with Crippen LogP contribution in [-0.4, -0.2) is 34.9 Å². The number of allylic oxidation sites excluding steroid dienone is 2. The number of nitrogens with two attached hydrogens (primary N) is 1. The zero-order chi connectivity index (χ0) is 23.7. The largest absolute Gasteiger partial charge is 0.399 e. The lowest BCUT2D eigenvalue weighted by molar-refractivity contribution is -0.133. The maximum absolute atomic E-state index is 12.3. The Morgan fingerprint density at radius 2 is 1.94 bits per heavy atom. The first-order valence-corrected chi connectivity index (χ1v) is 11.5. The van der Waals surface area contributed by atoms with Crippen molar-refractivity contribution < 1.29 is 4.79 Å². The molecule has 1 amide bonds. The summed E-state index contributed by atoms with van der Waals surface area (Å²) >= 11 is 0. The first-order chi connectivity index (χ1) is 15.7. The van der Waals surface area contributed by atoms with Crippen LogP contribution in [0.2, 0.25) is 0 Å². The van der Waals surface area contributed by atoms with Crippen molar-refractivity contribution in [2.24, 2.45) is 5.92 Å². The van der Waals surface area contributed by atoms with Gasteiger partial charge in [-0.25, -0.2) is 9.97 Å². The average Bonchev–Trinajstić information content (AvgIpc) is 2.77. The fraction of sp³-hybridized carbons (Fsp3) is 0.370. The minimum absolute atomic E-state index is 0.0417. The van der Waals surface area contributed by atoms with Crippen molar-refractivity contribution in [3.8, 4) is 0 Å². The van der Waals surface area contributed by atoms with E-state index in [2.05, 4.69) is 54.5 Å². The van der Waals surface area contributed by atoms with E-state index in [1.54, 1.807) is 4.90 Å². The Labute approximate surface area is 195 Å². The van der Waals surface area contributed by atoms with Crippen molar-refractivity contribution >= 4 is 33.9 Å². The Hall–Kier alpha value is -3.41. The molecule has 1 aliphatic carbocycles. The minimum Gasteiger partial charge on any atom is -0.399 e. The lowest BCUT2D eigenvalue weighted by Gasteiger charge is -2.24. The third kappa shape index (κ3) is 5.00. The number of fused-ring (bicyclic) bond motifs is 1. The second-order valence-corrected chi connectivity index (χ2v) is 9.33. The van der Waals surface area contributed by atoms with Gasteiger partial charge in [0.2, 0.25) is 5.91 Å². The molecule has 172 valence electrons. The van der Waals surface area contributed by atoms with Crippen molar-refractivity contribution in [1.29, 1.82) is 0 Å². The molecule has 6 nitrogen and oxygen atoms in total. The molecule has 1 unspecified atom stereocenters. The van der Waals surface area contributed by atoms with Gasteiger partial charge in [-0.15, -0.1) is 0 Å². The maximum atomic E-state index is 12.3. The van der Waals surface area contributed by atoms with E-state index in [0.29, 0.717) is 0 Å². The molecule has 0 fully saturated rings. The van der Waals surface area contributed by atoms with Crippen molar-refractivity contribution in [1.82, 2.24) is 14.9 Å². The predicted molar refractivity (Wildman–Crippen MR) is 136 cm³/mol. The number of rotatable bonds is 5. The fourth-order valence-corrected chi connectivity index (χ4v) is 4.62. The minimum atomic E-state index is 0.0417.